The summed E-state index contributed by atoms with van der Waals surface area (Å²) < 4.78 is 12.8. The summed E-state index contributed by atoms with van der Waals surface area (Å²) in [6.45, 7) is 1.52. The summed E-state index contributed by atoms with van der Waals surface area (Å²) in [7, 11) is 0. The summed E-state index contributed by atoms with van der Waals surface area (Å²) in [6, 6.07) is 16.3. The summed E-state index contributed by atoms with van der Waals surface area (Å²) in [4.78, 5) is 18.8. The second-order valence-corrected chi connectivity index (χ2v) is 7.53. The number of aromatic nitrogens is 6. The number of benzene rings is 2. The third-order valence-corrected chi connectivity index (χ3v) is 5.14. The molecule has 10 nitrogen and oxygen atoms in total. The summed E-state index contributed by atoms with van der Waals surface area (Å²) in [5.74, 6) is 0.558. The Labute approximate surface area is 188 Å². The lowest BCUT2D eigenvalue weighted by Crippen LogP contribution is -2.13. The molecule has 10 heteroatoms. The minimum atomic E-state index is -0.410. The van der Waals surface area contributed by atoms with Crippen molar-refractivity contribution in [3.63, 3.8) is 0 Å². The summed E-state index contributed by atoms with van der Waals surface area (Å²) in [6.07, 6.45) is 4.61. The zero-order valence-electron chi connectivity index (χ0n) is 17.8. The van der Waals surface area contributed by atoms with Crippen molar-refractivity contribution in [2.45, 2.75) is 32.4 Å². The molecule has 168 valence electrons. The van der Waals surface area contributed by atoms with Crippen LogP contribution in [0.2, 0.25) is 0 Å². The minimum absolute atomic E-state index is 0.250. The molecule has 0 fully saturated rings. The number of rotatable bonds is 10. The fraction of sp³-hybridized carbons (Fsp3) is 0.261. The molecule has 2 aromatic carbocycles. The van der Waals surface area contributed by atoms with Crippen LogP contribution in [0.3, 0.4) is 0 Å². The van der Waals surface area contributed by atoms with Gasteiger partial charge in [-0.15, -0.1) is 10.2 Å². The Hall–Kier alpha value is -4.21. The smallest absolute Gasteiger partial charge is 0.339 e. The third-order valence-electron chi connectivity index (χ3n) is 5.14. The molecule has 5 aromatic rings. The molecule has 0 bridgehead atoms. The highest BCUT2D eigenvalue weighted by atomic mass is 16.7. The standard InChI is InChI=1S/C23H22N6O4/c30-23-14-22(18-8-2-5-11-21(18)33-23)31-13-7-1-6-12-28-15-17(24-26-28)16-32-29-20-10-4-3-9-19(20)25-27-29/h2-5,8-11,14-15H,1,6-7,12-13,16H2. The lowest BCUT2D eigenvalue weighted by Gasteiger charge is -2.08. The lowest BCUT2D eigenvalue weighted by atomic mass is 10.2. The lowest BCUT2D eigenvalue weighted by molar-refractivity contribution is 0.0731. The van der Waals surface area contributed by atoms with E-state index in [1.807, 2.05) is 48.7 Å². The van der Waals surface area contributed by atoms with Crippen LogP contribution < -0.4 is 15.2 Å². The fourth-order valence-electron chi connectivity index (χ4n) is 3.52. The van der Waals surface area contributed by atoms with Crippen molar-refractivity contribution in [3.05, 3.63) is 76.9 Å². The van der Waals surface area contributed by atoms with Crippen molar-refractivity contribution < 1.29 is 14.0 Å². The van der Waals surface area contributed by atoms with Crippen LogP contribution in [0.1, 0.15) is 25.0 Å². The molecule has 0 unspecified atom stereocenters. The molecule has 0 aliphatic rings. The van der Waals surface area contributed by atoms with Crippen LogP contribution in [0.25, 0.3) is 22.0 Å². The minimum Gasteiger partial charge on any atom is -0.493 e. The van der Waals surface area contributed by atoms with Crippen molar-refractivity contribution in [2.75, 3.05) is 6.61 Å². The van der Waals surface area contributed by atoms with Crippen molar-refractivity contribution in [2.24, 2.45) is 0 Å². The number of para-hydroxylation sites is 2. The van der Waals surface area contributed by atoms with Gasteiger partial charge in [0.1, 0.15) is 28.1 Å². The van der Waals surface area contributed by atoms with Gasteiger partial charge in [0.25, 0.3) is 0 Å². The molecular weight excluding hydrogens is 424 g/mol. The quantitative estimate of drug-likeness (QED) is 0.238. The highest BCUT2D eigenvalue weighted by Crippen LogP contribution is 2.23. The monoisotopic (exact) mass is 446 g/mol. The van der Waals surface area contributed by atoms with Crippen LogP contribution in [0.4, 0.5) is 0 Å². The molecular formula is C23H22N6O4. The van der Waals surface area contributed by atoms with Gasteiger partial charge in [-0.1, -0.05) is 34.3 Å². The van der Waals surface area contributed by atoms with Crippen molar-refractivity contribution >= 4 is 22.0 Å². The molecule has 0 N–H and O–H groups in total. The number of hydrogen-bond donors (Lipinski definition) is 0. The Morgan fingerprint density at radius 3 is 2.79 bits per heavy atom. The Balaban J connectivity index is 1.05. The van der Waals surface area contributed by atoms with E-state index in [1.165, 1.54) is 10.9 Å². The Bertz CT molecular complexity index is 1420. The van der Waals surface area contributed by atoms with Gasteiger partial charge in [0, 0.05) is 6.54 Å². The highest BCUT2D eigenvalue weighted by Gasteiger charge is 2.08. The van der Waals surface area contributed by atoms with Crippen LogP contribution >= 0.6 is 0 Å². The first kappa shape index (κ1) is 20.7. The maximum atomic E-state index is 11.7. The Kier molecular flexibility index (Phi) is 5.96. The molecule has 0 aliphatic carbocycles. The molecule has 5 rings (SSSR count). The van der Waals surface area contributed by atoms with E-state index in [1.54, 1.807) is 10.7 Å². The van der Waals surface area contributed by atoms with Gasteiger partial charge in [-0.3, -0.25) is 4.68 Å². The first-order chi connectivity index (χ1) is 16.3. The maximum absolute atomic E-state index is 11.7. The van der Waals surface area contributed by atoms with Gasteiger partial charge in [0.2, 0.25) is 0 Å². The third kappa shape index (κ3) is 4.84. The average molecular weight is 446 g/mol. The number of ether oxygens (including phenoxy) is 1. The van der Waals surface area contributed by atoms with Crippen LogP contribution in [0, 0.1) is 0 Å². The molecule has 0 spiro atoms. The predicted molar refractivity (Wildman–Crippen MR) is 120 cm³/mol. The summed E-state index contributed by atoms with van der Waals surface area (Å²) in [5, 5.41) is 17.2. The van der Waals surface area contributed by atoms with Gasteiger partial charge < -0.3 is 14.0 Å². The van der Waals surface area contributed by atoms with Crippen LogP contribution in [-0.4, -0.2) is 36.8 Å². The Morgan fingerprint density at radius 2 is 1.82 bits per heavy atom. The number of hydrogen-bond acceptors (Lipinski definition) is 8. The topological polar surface area (TPSA) is 110 Å². The van der Waals surface area contributed by atoms with Gasteiger partial charge in [-0.05, 0) is 48.7 Å². The predicted octanol–water partition coefficient (Wildman–Crippen LogP) is 3.01. The number of unbranched alkanes of at least 4 members (excludes halogenated alkanes) is 2. The average Bonchev–Trinajstić information content (AvgIpc) is 3.46. The van der Waals surface area contributed by atoms with E-state index in [0.717, 1.165) is 42.2 Å². The Morgan fingerprint density at radius 1 is 0.939 bits per heavy atom. The van der Waals surface area contributed by atoms with Crippen LogP contribution in [-0.2, 0) is 13.2 Å². The molecule has 0 radical (unpaired) electrons. The molecule has 0 saturated carbocycles. The molecule has 0 saturated heterocycles. The largest absolute Gasteiger partial charge is 0.493 e. The summed E-state index contributed by atoms with van der Waals surface area (Å²) >= 11 is 0. The zero-order chi connectivity index (χ0) is 22.5. The number of fused-ring (bicyclic) bond motifs is 2. The zero-order valence-corrected chi connectivity index (χ0v) is 17.8. The number of aryl methyl sites for hydroxylation is 1. The van der Waals surface area contributed by atoms with Gasteiger partial charge >= 0.3 is 5.63 Å². The van der Waals surface area contributed by atoms with Gasteiger partial charge in [0.05, 0.1) is 24.3 Å². The second kappa shape index (κ2) is 9.51. The first-order valence-corrected chi connectivity index (χ1v) is 10.7. The van der Waals surface area contributed by atoms with Gasteiger partial charge in [-0.2, -0.15) is 0 Å². The molecule has 0 amide bonds. The van der Waals surface area contributed by atoms with Crippen molar-refractivity contribution in [3.8, 4) is 5.75 Å². The van der Waals surface area contributed by atoms with E-state index in [-0.39, 0.29) is 6.61 Å². The SMILES string of the molecule is O=c1cc(OCCCCCn2cc(COn3nnc4ccccc43)nn2)c2ccccc2o1. The normalized spacial score (nSPS) is 11.3. The van der Waals surface area contributed by atoms with E-state index < -0.39 is 5.63 Å². The van der Waals surface area contributed by atoms with E-state index in [9.17, 15) is 4.79 Å². The molecule has 33 heavy (non-hydrogen) atoms. The van der Waals surface area contributed by atoms with E-state index in [2.05, 4.69) is 20.6 Å². The molecule has 3 aromatic heterocycles. The second-order valence-electron chi connectivity index (χ2n) is 7.53. The van der Waals surface area contributed by atoms with Crippen molar-refractivity contribution in [1.82, 2.24) is 30.2 Å². The maximum Gasteiger partial charge on any atom is 0.339 e. The van der Waals surface area contributed by atoms with Crippen molar-refractivity contribution in [1.29, 1.82) is 0 Å². The van der Waals surface area contributed by atoms with E-state index in [0.29, 0.717) is 23.6 Å². The fourth-order valence-corrected chi connectivity index (χ4v) is 3.52. The van der Waals surface area contributed by atoms with Gasteiger partial charge in [-0.25, -0.2) is 4.79 Å². The number of nitrogens with zero attached hydrogens (tertiary/aromatic N) is 6. The first-order valence-electron chi connectivity index (χ1n) is 10.7. The highest BCUT2D eigenvalue weighted by molar-refractivity contribution is 5.82. The summed E-state index contributed by atoms with van der Waals surface area (Å²) in [5.41, 5.74) is 2.41. The van der Waals surface area contributed by atoms with Gasteiger partial charge in [0.15, 0.2) is 6.61 Å². The van der Waals surface area contributed by atoms with E-state index in [4.69, 9.17) is 14.0 Å². The van der Waals surface area contributed by atoms with Crippen LogP contribution in [0.15, 0.2) is 70.0 Å². The van der Waals surface area contributed by atoms with Crippen LogP contribution in [0.5, 0.6) is 5.75 Å². The molecule has 0 atom stereocenters. The molecule has 3 heterocycles. The molecule has 0 aliphatic heterocycles. The van der Waals surface area contributed by atoms with E-state index >= 15 is 0 Å².